The molecule has 0 spiro atoms. The van der Waals surface area contributed by atoms with Crippen LogP contribution in [0.4, 0.5) is 5.69 Å². The maximum absolute atomic E-state index is 12.2. The van der Waals surface area contributed by atoms with Gasteiger partial charge in [0, 0.05) is 35.4 Å². The second-order valence-electron chi connectivity index (χ2n) is 4.85. The molecule has 1 saturated carbocycles. The number of nitrogens with one attached hydrogen (secondary N) is 1. The number of hydrogen-bond donors (Lipinski definition) is 2. The van der Waals surface area contributed by atoms with Gasteiger partial charge >= 0.3 is 0 Å². The van der Waals surface area contributed by atoms with E-state index < -0.39 is 10.8 Å². The zero-order chi connectivity index (χ0) is 15.6. The molecular weight excluding hydrogens is 298 g/mol. The minimum Gasteiger partial charge on any atom is -0.376 e. The van der Waals surface area contributed by atoms with Crippen LogP contribution in [-0.2, 0) is 4.74 Å². The first-order valence-corrected chi connectivity index (χ1v) is 6.93. The fourth-order valence-electron chi connectivity index (χ4n) is 2.27. The van der Waals surface area contributed by atoms with Crippen LogP contribution in [0.2, 0.25) is 5.02 Å². The third-order valence-corrected chi connectivity index (χ3v) is 3.62. The maximum atomic E-state index is 12.2. The van der Waals surface area contributed by atoms with Gasteiger partial charge in [0.15, 0.2) is 0 Å². The Morgan fingerprint density at radius 1 is 1.57 bits per heavy atom. The molecule has 3 N–H and O–H groups in total. The lowest BCUT2D eigenvalue weighted by molar-refractivity contribution is -0.384. The molecule has 21 heavy (non-hydrogen) atoms. The summed E-state index contributed by atoms with van der Waals surface area (Å²) < 4.78 is 5.45. The highest BCUT2D eigenvalue weighted by Crippen LogP contribution is 2.24. The first-order valence-electron chi connectivity index (χ1n) is 6.55. The summed E-state index contributed by atoms with van der Waals surface area (Å²) in [5.74, 6) is -0.453. The number of nitrogens with two attached hydrogens (primary N) is 1. The molecular formula is C13H16ClN3O4. The number of non-ortho nitro benzene ring substituents is 1. The third kappa shape index (κ3) is 3.49. The van der Waals surface area contributed by atoms with Crippen molar-refractivity contribution in [2.75, 3.05) is 6.61 Å². The van der Waals surface area contributed by atoms with Crippen LogP contribution in [0.1, 0.15) is 23.7 Å². The summed E-state index contributed by atoms with van der Waals surface area (Å²) in [6.07, 6.45) is 0.553. The van der Waals surface area contributed by atoms with Crippen LogP contribution in [0.25, 0.3) is 0 Å². The van der Waals surface area contributed by atoms with Gasteiger partial charge in [0.25, 0.3) is 11.6 Å². The number of amides is 1. The molecule has 2 rings (SSSR count). The van der Waals surface area contributed by atoms with Crippen LogP contribution in [-0.4, -0.2) is 35.6 Å². The van der Waals surface area contributed by atoms with Crippen LogP contribution in [0.5, 0.6) is 0 Å². The van der Waals surface area contributed by atoms with Crippen molar-refractivity contribution in [3.05, 3.63) is 38.9 Å². The van der Waals surface area contributed by atoms with Gasteiger partial charge < -0.3 is 15.8 Å². The molecule has 7 nitrogen and oxygen atoms in total. The fourth-order valence-corrected chi connectivity index (χ4v) is 2.50. The molecule has 1 aliphatic carbocycles. The van der Waals surface area contributed by atoms with Crippen LogP contribution < -0.4 is 11.1 Å². The Labute approximate surface area is 126 Å². The summed E-state index contributed by atoms with van der Waals surface area (Å²) in [4.78, 5) is 22.4. The first kappa shape index (κ1) is 15.7. The van der Waals surface area contributed by atoms with Gasteiger partial charge in [0.05, 0.1) is 17.1 Å². The van der Waals surface area contributed by atoms with E-state index in [1.807, 2.05) is 6.92 Å². The maximum Gasteiger partial charge on any atom is 0.271 e. The van der Waals surface area contributed by atoms with Crippen molar-refractivity contribution in [1.29, 1.82) is 0 Å². The van der Waals surface area contributed by atoms with E-state index in [-0.39, 0.29) is 34.5 Å². The summed E-state index contributed by atoms with van der Waals surface area (Å²) in [5.41, 5.74) is 5.75. The van der Waals surface area contributed by atoms with Crippen molar-refractivity contribution >= 4 is 23.2 Å². The van der Waals surface area contributed by atoms with Gasteiger partial charge in [0.2, 0.25) is 0 Å². The highest BCUT2D eigenvalue weighted by atomic mass is 35.5. The summed E-state index contributed by atoms with van der Waals surface area (Å²) in [5, 5.41) is 13.7. The fraction of sp³-hybridized carbons (Fsp3) is 0.462. The number of benzene rings is 1. The van der Waals surface area contributed by atoms with Gasteiger partial charge in [-0.05, 0) is 19.4 Å². The molecule has 1 aromatic carbocycles. The predicted octanol–water partition coefficient (Wildman–Crippen LogP) is 1.48. The molecule has 114 valence electrons. The topological polar surface area (TPSA) is 107 Å². The van der Waals surface area contributed by atoms with Crippen molar-refractivity contribution in [2.24, 2.45) is 5.73 Å². The highest BCUT2D eigenvalue weighted by Gasteiger charge is 2.40. The number of nitro groups is 1. The Morgan fingerprint density at radius 2 is 2.29 bits per heavy atom. The normalized spacial score (nSPS) is 24.2. The molecule has 1 fully saturated rings. The van der Waals surface area contributed by atoms with Gasteiger partial charge in [-0.25, -0.2) is 0 Å². The minimum atomic E-state index is -0.596. The van der Waals surface area contributed by atoms with E-state index in [9.17, 15) is 14.9 Å². The summed E-state index contributed by atoms with van der Waals surface area (Å²) >= 11 is 5.80. The summed E-state index contributed by atoms with van der Waals surface area (Å²) in [6.45, 7) is 2.40. The van der Waals surface area contributed by atoms with E-state index >= 15 is 0 Å². The molecule has 3 atom stereocenters. The van der Waals surface area contributed by atoms with E-state index in [4.69, 9.17) is 22.1 Å². The number of nitrogens with zero attached hydrogens (tertiary/aromatic N) is 1. The van der Waals surface area contributed by atoms with E-state index in [2.05, 4.69) is 5.32 Å². The van der Waals surface area contributed by atoms with Gasteiger partial charge in [-0.2, -0.15) is 0 Å². The SMILES string of the molecule is CCOC1CC(N)C1NC(=O)c1cc(Cl)cc([N+](=O)[O-])c1. The second-order valence-corrected chi connectivity index (χ2v) is 5.28. The Morgan fingerprint density at radius 3 is 2.86 bits per heavy atom. The lowest BCUT2D eigenvalue weighted by Crippen LogP contribution is -2.64. The number of rotatable bonds is 5. The molecule has 3 unspecified atom stereocenters. The zero-order valence-electron chi connectivity index (χ0n) is 11.4. The van der Waals surface area contributed by atoms with Gasteiger partial charge in [-0.15, -0.1) is 0 Å². The quantitative estimate of drug-likeness (QED) is 0.632. The molecule has 8 heteroatoms. The highest BCUT2D eigenvalue weighted by molar-refractivity contribution is 6.31. The Balaban J connectivity index is 2.11. The number of carbonyl (C=O) groups is 1. The van der Waals surface area contributed by atoms with Gasteiger partial charge in [-0.1, -0.05) is 11.6 Å². The van der Waals surface area contributed by atoms with Crippen molar-refractivity contribution in [2.45, 2.75) is 31.5 Å². The second kappa shape index (κ2) is 6.38. The van der Waals surface area contributed by atoms with Crippen LogP contribution in [0.3, 0.4) is 0 Å². The molecule has 0 saturated heterocycles. The molecule has 1 aromatic rings. The van der Waals surface area contributed by atoms with Crippen LogP contribution >= 0.6 is 11.6 Å². The summed E-state index contributed by atoms with van der Waals surface area (Å²) in [7, 11) is 0. The Bertz CT molecular complexity index is 564. The van der Waals surface area contributed by atoms with Gasteiger partial charge in [-0.3, -0.25) is 14.9 Å². The smallest absolute Gasteiger partial charge is 0.271 e. The molecule has 0 aromatic heterocycles. The number of halogens is 1. The zero-order valence-corrected chi connectivity index (χ0v) is 12.2. The summed E-state index contributed by atoms with van der Waals surface area (Å²) in [6, 6.07) is 3.27. The Hall–Kier alpha value is -1.70. The molecule has 0 aliphatic heterocycles. The molecule has 0 radical (unpaired) electrons. The molecule has 1 amide bonds. The van der Waals surface area contributed by atoms with Crippen LogP contribution in [0, 0.1) is 10.1 Å². The van der Waals surface area contributed by atoms with E-state index in [0.29, 0.717) is 13.0 Å². The monoisotopic (exact) mass is 313 g/mol. The standard InChI is InChI=1S/C13H16ClN3O4/c1-2-21-11-6-10(15)12(11)16-13(18)7-3-8(14)5-9(4-7)17(19)20/h3-5,10-12H,2,6,15H2,1H3,(H,16,18). The predicted molar refractivity (Wildman–Crippen MR) is 77.4 cm³/mol. The van der Waals surface area contributed by atoms with Crippen molar-refractivity contribution in [1.82, 2.24) is 5.32 Å². The third-order valence-electron chi connectivity index (χ3n) is 3.40. The van der Waals surface area contributed by atoms with Gasteiger partial charge in [0.1, 0.15) is 0 Å². The average Bonchev–Trinajstić information content (AvgIpc) is 2.43. The number of carbonyl (C=O) groups excluding carboxylic acids is 1. The average molecular weight is 314 g/mol. The molecule has 0 bridgehead atoms. The number of hydrogen-bond acceptors (Lipinski definition) is 5. The van der Waals surface area contributed by atoms with E-state index in [1.165, 1.54) is 18.2 Å². The first-order chi connectivity index (χ1) is 9.92. The number of ether oxygens (including phenoxy) is 1. The van der Waals surface area contributed by atoms with Crippen molar-refractivity contribution in [3.63, 3.8) is 0 Å². The molecule has 0 heterocycles. The lowest BCUT2D eigenvalue weighted by atomic mass is 9.83. The van der Waals surface area contributed by atoms with E-state index in [0.717, 1.165) is 0 Å². The largest absolute Gasteiger partial charge is 0.376 e. The minimum absolute atomic E-state index is 0.122. The lowest BCUT2D eigenvalue weighted by Gasteiger charge is -2.42. The number of nitro benzene ring substituents is 1. The van der Waals surface area contributed by atoms with Crippen molar-refractivity contribution in [3.8, 4) is 0 Å². The van der Waals surface area contributed by atoms with Crippen molar-refractivity contribution < 1.29 is 14.5 Å². The Kier molecular flexibility index (Phi) is 4.76. The van der Waals surface area contributed by atoms with E-state index in [1.54, 1.807) is 0 Å². The van der Waals surface area contributed by atoms with Crippen LogP contribution in [0.15, 0.2) is 18.2 Å². The molecule has 1 aliphatic rings.